The van der Waals surface area contributed by atoms with E-state index >= 15 is 0 Å². The van der Waals surface area contributed by atoms with Crippen molar-refractivity contribution in [1.29, 1.82) is 0 Å². The lowest BCUT2D eigenvalue weighted by atomic mass is 10.0. The first-order valence-corrected chi connectivity index (χ1v) is 4.01. The maximum Gasteiger partial charge on any atom is 0.309 e. The Morgan fingerprint density at radius 1 is 1.70 bits per heavy atom. The van der Waals surface area contributed by atoms with Gasteiger partial charge >= 0.3 is 5.97 Å². The van der Waals surface area contributed by atoms with Crippen LogP contribution < -0.4 is 0 Å². The highest BCUT2D eigenvalue weighted by Gasteiger charge is 2.24. The number of rotatable bonds is 3. The van der Waals surface area contributed by atoms with Crippen molar-refractivity contribution in [3.05, 3.63) is 0 Å². The van der Waals surface area contributed by atoms with Crippen LogP contribution in [0.1, 0.15) is 32.6 Å². The van der Waals surface area contributed by atoms with Gasteiger partial charge in [0.25, 0.3) is 0 Å². The fraction of sp³-hybridized carbons (Fsp3) is 0.875. The van der Waals surface area contributed by atoms with E-state index in [1.165, 1.54) is 6.42 Å². The van der Waals surface area contributed by atoms with Crippen LogP contribution in [-0.4, -0.2) is 12.6 Å². The minimum atomic E-state index is 0.0217. The largest absolute Gasteiger partial charge is 0.465 e. The van der Waals surface area contributed by atoms with E-state index in [2.05, 4.69) is 6.92 Å². The van der Waals surface area contributed by atoms with Crippen molar-refractivity contribution in [2.24, 2.45) is 5.92 Å². The van der Waals surface area contributed by atoms with Gasteiger partial charge in [0.1, 0.15) is 0 Å². The van der Waals surface area contributed by atoms with Gasteiger partial charge in [-0.25, -0.2) is 0 Å². The first kappa shape index (κ1) is 7.58. The molecule has 1 rings (SSSR count). The molecule has 1 aliphatic rings. The van der Waals surface area contributed by atoms with E-state index in [-0.39, 0.29) is 11.9 Å². The highest BCUT2D eigenvalue weighted by atomic mass is 16.5. The molecule has 0 bridgehead atoms. The quantitative estimate of drug-likeness (QED) is 0.561. The second-order valence-corrected chi connectivity index (χ2v) is 2.80. The fourth-order valence-electron chi connectivity index (χ4n) is 1.25. The van der Waals surface area contributed by atoms with Crippen LogP contribution in [-0.2, 0) is 9.53 Å². The minimum absolute atomic E-state index is 0.0217. The fourth-order valence-corrected chi connectivity index (χ4v) is 1.25. The van der Waals surface area contributed by atoms with Gasteiger partial charge in [0.05, 0.1) is 12.5 Å². The Hall–Kier alpha value is -0.530. The lowest BCUT2D eigenvalue weighted by Gasteiger charge is -2.01. The van der Waals surface area contributed by atoms with E-state index in [0.717, 1.165) is 19.3 Å². The number of carbonyl (C=O) groups excluding carboxylic acids is 1. The molecule has 1 fully saturated rings. The average molecular weight is 142 g/mol. The van der Waals surface area contributed by atoms with Crippen molar-refractivity contribution in [3.63, 3.8) is 0 Å². The van der Waals surface area contributed by atoms with E-state index in [9.17, 15) is 4.79 Å². The molecule has 58 valence electrons. The summed E-state index contributed by atoms with van der Waals surface area (Å²) in [7, 11) is 0. The van der Waals surface area contributed by atoms with Crippen LogP contribution in [0.4, 0.5) is 0 Å². The summed E-state index contributed by atoms with van der Waals surface area (Å²) in [6.07, 6.45) is 4.29. The van der Waals surface area contributed by atoms with Crippen molar-refractivity contribution in [1.82, 2.24) is 0 Å². The molecule has 2 nitrogen and oxygen atoms in total. The Labute approximate surface area is 61.6 Å². The Kier molecular flexibility index (Phi) is 2.72. The van der Waals surface area contributed by atoms with Gasteiger partial charge in [0, 0.05) is 0 Å². The van der Waals surface area contributed by atoms with E-state index in [1.54, 1.807) is 0 Å². The summed E-state index contributed by atoms with van der Waals surface area (Å²) in [6, 6.07) is 0. The van der Waals surface area contributed by atoms with Gasteiger partial charge in [-0.05, 0) is 12.8 Å². The van der Waals surface area contributed by atoms with Gasteiger partial charge in [-0.2, -0.15) is 0 Å². The predicted molar refractivity (Wildman–Crippen MR) is 38.6 cm³/mol. The van der Waals surface area contributed by atoms with E-state index in [4.69, 9.17) is 4.74 Å². The molecule has 0 spiro atoms. The van der Waals surface area contributed by atoms with Crippen molar-refractivity contribution in [3.8, 4) is 0 Å². The van der Waals surface area contributed by atoms with Gasteiger partial charge in [-0.3, -0.25) is 4.79 Å². The van der Waals surface area contributed by atoms with Gasteiger partial charge < -0.3 is 4.74 Å². The molecule has 1 aliphatic heterocycles. The molecule has 10 heavy (non-hydrogen) atoms. The maximum absolute atomic E-state index is 10.9. The van der Waals surface area contributed by atoms with E-state index in [0.29, 0.717) is 6.61 Å². The number of ether oxygens (including phenoxy) is 1. The monoisotopic (exact) mass is 142 g/mol. The molecule has 1 heterocycles. The molecule has 0 amide bonds. The summed E-state index contributed by atoms with van der Waals surface area (Å²) in [5.41, 5.74) is 0. The van der Waals surface area contributed by atoms with E-state index in [1.807, 2.05) is 0 Å². The summed E-state index contributed by atoms with van der Waals surface area (Å²) >= 11 is 0. The molecule has 1 atom stereocenters. The zero-order valence-electron chi connectivity index (χ0n) is 6.43. The molecule has 0 aromatic carbocycles. The summed E-state index contributed by atoms with van der Waals surface area (Å²) in [4.78, 5) is 10.9. The number of unbranched alkanes of at least 4 members (excludes halogenated alkanes) is 1. The predicted octanol–water partition coefficient (Wildman–Crippen LogP) is 1.74. The topological polar surface area (TPSA) is 26.3 Å². The molecule has 2 heteroatoms. The number of hydrogen-bond donors (Lipinski definition) is 0. The Balaban J connectivity index is 2.20. The summed E-state index contributed by atoms with van der Waals surface area (Å²) < 4.78 is 4.82. The average Bonchev–Trinajstić information content (AvgIpc) is 2.31. The van der Waals surface area contributed by atoms with Crippen LogP contribution in [0, 0.1) is 5.92 Å². The second-order valence-electron chi connectivity index (χ2n) is 2.80. The third-order valence-corrected chi connectivity index (χ3v) is 1.95. The van der Waals surface area contributed by atoms with Gasteiger partial charge in [0.15, 0.2) is 0 Å². The second kappa shape index (κ2) is 3.59. The van der Waals surface area contributed by atoms with Crippen molar-refractivity contribution in [2.75, 3.05) is 6.61 Å². The van der Waals surface area contributed by atoms with Gasteiger partial charge in [0.2, 0.25) is 0 Å². The van der Waals surface area contributed by atoms with Crippen LogP contribution in [0.3, 0.4) is 0 Å². The van der Waals surface area contributed by atoms with Gasteiger partial charge in [-0.15, -0.1) is 0 Å². The Morgan fingerprint density at radius 3 is 3.00 bits per heavy atom. The molecular formula is C8H14O2. The minimum Gasteiger partial charge on any atom is -0.465 e. The van der Waals surface area contributed by atoms with Crippen LogP contribution >= 0.6 is 0 Å². The van der Waals surface area contributed by atoms with Crippen LogP contribution in [0.2, 0.25) is 0 Å². The molecule has 0 aliphatic carbocycles. The zero-order chi connectivity index (χ0) is 7.40. The van der Waals surface area contributed by atoms with Crippen molar-refractivity contribution < 1.29 is 9.53 Å². The zero-order valence-corrected chi connectivity index (χ0v) is 6.43. The van der Waals surface area contributed by atoms with Crippen LogP contribution in [0.5, 0.6) is 0 Å². The molecule has 0 radical (unpaired) electrons. The molecule has 1 saturated heterocycles. The third-order valence-electron chi connectivity index (χ3n) is 1.95. The summed E-state index contributed by atoms with van der Waals surface area (Å²) in [6.45, 7) is 2.79. The van der Waals surface area contributed by atoms with Crippen LogP contribution in [0.15, 0.2) is 0 Å². The standard InChI is InChI=1S/C8H14O2/c1-2-3-4-7-5-6-10-8(7)9/h7H,2-6H2,1H3. The first-order chi connectivity index (χ1) is 4.84. The molecule has 1 unspecified atom stereocenters. The number of hydrogen-bond acceptors (Lipinski definition) is 2. The Bertz CT molecular complexity index is 120. The lowest BCUT2D eigenvalue weighted by Crippen LogP contribution is -2.06. The highest BCUT2D eigenvalue weighted by molar-refractivity contribution is 5.73. The molecule has 0 aromatic heterocycles. The molecule has 0 aromatic rings. The third kappa shape index (κ3) is 1.72. The number of carbonyl (C=O) groups is 1. The van der Waals surface area contributed by atoms with Crippen LogP contribution in [0.25, 0.3) is 0 Å². The number of cyclic esters (lactones) is 1. The first-order valence-electron chi connectivity index (χ1n) is 4.01. The normalized spacial score (nSPS) is 24.9. The lowest BCUT2D eigenvalue weighted by molar-refractivity contribution is -0.141. The Morgan fingerprint density at radius 2 is 2.50 bits per heavy atom. The van der Waals surface area contributed by atoms with Gasteiger partial charge in [-0.1, -0.05) is 19.8 Å². The maximum atomic E-state index is 10.9. The van der Waals surface area contributed by atoms with Crippen molar-refractivity contribution >= 4 is 5.97 Å². The summed E-state index contributed by atoms with van der Waals surface area (Å²) in [5, 5.41) is 0. The van der Waals surface area contributed by atoms with Crippen molar-refractivity contribution in [2.45, 2.75) is 32.6 Å². The SMILES string of the molecule is CCCCC1CCOC1=O. The smallest absolute Gasteiger partial charge is 0.309 e. The highest BCUT2D eigenvalue weighted by Crippen LogP contribution is 2.19. The summed E-state index contributed by atoms with van der Waals surface area (Å²) in [5.74, 6) is 0.244. The molecule has 0 saturated carbocycles. The molecule has 0 N–H and O–H groups in total. The number of esters is 1. The van der Waals surface area contributed by atoms with E-state index < -0.39 is 0 Å². The molecular weight excluding hydrogens is 128 g/mol.